The molecule has 0 unspecified atom stereocenters. The summed E-state index contributed by atoms with van der Waals surface area (Å²) in [5.41, 5.74) is -0.301. The first kappa shape index (κ1) is 19.9. The molecule has 0 heterocycles. The second-order valence-electron chi connectivity index (χ2n) is 7.35. The molecule has 2 N–H and O–H groups in total. The van der Waals surface area contributed by atoms with Crippen LogP contribution in [0.3, 0.4) is 0 Å². The van der Waals surface area contributed by atoms with Gasteiger partial charge in [-0.05, 0) is 51.1 Å². The van der Waals surface area contributed by atoms with Crippen LogP contribution in [0, 0.1) is 11.3 Å². The number of hydrogen-bond donors (Lipinski definition) is 2. The van der Waals surface area contributed by atoms with E-state index in [1.165, 1.54) is 12.8 Å². The van der Waals surface area contributed by atoms with Crippen molar-refractivity contribution >= 4 is 0 Å². The molecule has 0 aliphatic heterocycles. The zero-order valence-corrected chi connectivity index (χ0v) is 14.9. The molecule has 3 nitrogen and oxygen atoms in total. The Morgan fingerprint density at radius 2 is 1.60 bits per heavy atom. The molecule has 0 rings (SSSR count). The highest BCUT2D eigenvalue weighted by Gasteiger charge is 2.30. The maximum atomic E-state index is 10.1. The molecule has 0 saturated heterocycles. The van der Waals surface area contributed by atoms with Crippen molar-refractivity contribution in [3.8, 4) is 0 Å². The predicted molar refractivity (Wildman–Crippen MR) is 89.1 cm³/mol. The van der Waals surface area contributed by atoms with Gasteiger partial charge in [-0.2, -0.15) is 0 Å². The van der Waals surface area contributed by atoms with Crippen LogP contribution in [0.2, 0.25) is 0 Å². The van der Waals surface area contributed by atoms with Gasteiger partial charge in [0, 0.05) is 19.6 Å². The highest BCUT2D eigenvalue weighted by Crippen LogP contribution is 2.27. The van der Waals surface area contributed by atoms with Crippen LogP contribution >= 0.6 is 0 Å². The fourth-order valence-electron chi connectivity index (χ4n) is 2.71. The van der Waals surface area contributed by atoms with Crippen molar-refractivity contribution in [2.45, 2.75) is 66.9 Å². The van der Waals surface area contributed by atoms with Crippen molar-refractivity contribution in [1.82, 2.24) is 10.2 Å². The molecule has 0 aliphatic carbocycles. The maximum absolute atomic E-state index is 10.1. The minimum absolute atomic E-state index is 0.316. The van der Waals surface area contributed by atoms with E-state index in [0.29, 0.717) is 11.3 Å². The number of nitrogens with one attached hydrogen (secondary N) is 1. The van der Waals surface area contributed by atoms with Crippen molar-refractivity contribution in [2.24, 2.45) is 11.3 Å². The van der Waals surface area contributed by atoms with Crippen LogP contribution in [0.25, 0.3) is 0 Å². The summed E-state index contributed by atoms with van der Waals surface area (Å²) in [6.07, 6.45) is 2.36. The Bertz CT molecular complexity index is 242. The number of hydrogen-bond acceptors (Lipinski definition) is 3. The lowest BCUT2D eigenvalue weighted by atomic mass is 9.81. The van der Waals surface area contributed by atoms with E-state index in [2.05, 4.69) is 44.8 Å². The van der Waals surface area contributed by atoms with Gasteiger partial charge in [-0.3, -0.25) is 0 Å². The monoisotopic (exact) mass is 286 g/mol. The fraction of sp³-hybridized carbons (Fsp3) is 1.00. The van der Waals surface area contributed by atoms with E-state index in [4.69, 9.17) is 0 Å². The van der Waals surface area contributed by atoms with Crippen LogP contribution < -0.4 is 5.32 Å². The minimum Gasteiger partial charge on any atom is -0.389 e. The molecule has 0 amide bonds. The molecule has 0 bridgehead atoms. The van der Waals surface area contributed by atoms with Gasteiger partial charge in [0.2, 0.25) is 0 Å². The van der Waals surface area contributed by atoms with Gasteiger partial charge in [0.1, 0.15) is 0 Å². The molecule has 0 radical (unpaired) electrons. The topological polar surface area (TPSA) is 35.5 Å². The molecule has 0 aromatic rings. The van der Waals surface area contributed by atoms with Gasteiger partial charge in [-0.1, -0.05) is 34.6 Å². The third-order valence-electron chi connectivity index (χ3n) is 4.17. The largest absolute Gasteiger partial charge is 0.389 e. The molecule has 0 atom stereocenters. The Balaban J connectivity index is 4.62. The molecule has 0 fully saturated rings. The summed E-state index contributed by atoms with van der Waals surface area (Å²) >= 11 is 0. The summed E-state index contributed by atoms with van der Waals surface area (Å²) in [4.78, 5) is 2.39. The summed E-state index contributed by atoms with van der Waals surface area (Å²) in [6, 6.07) is 0. The molecule has 0 spiro atoms. The van der Waals surface area contributed by atoms with Gasteiger partial charge in [0.05, 0.1) is 5.60 Å². The van der Waals surface area contributed by atoms with Gasteiger partial charge in [0.25, 0.3) is 0 Å². The third-order valence-corrected chi connectivity index (χ3v) is 4.17. The molecular weight excluding hydrogens is 248 g/mol. The van der Waals surface area contributed by atoms with Gasteiger partial charge < -0.3 is 15.3 Å². The number of aliphatic hydroxyl groups is 1. The fourth-order valence-corrected chi connectivity index (χ4v) is 2.71. The number of likely N-dealkylation sites (N-methyl/N-ethyl adjacent to an activating group) is 1. The third kappa shape index (κ3) is 8.23. The average Bonchev–Trinajstić information content (AvgIpc) is 2.34. The zero-order valence-electron chi connectivity index (χ0n) is 14.9. The first-order chi connectivity index (χ1) is 9.18. The molecule has 3 heteroatoms. The maximum Gasteiger partial charge on any atom is 0.0718 e. The summed E-state index contributed by atoms with van der Waals surface area (Å²) in [5.74, 6) is 0.695. The van der Waals surface area contributed by atoms with Crippen molar-refractivity contribution in [3.05, 3.63) is 0 Å². The first-order valence-corrected chi connectivity index (χ1v) is 8.33. The summed E-state index contributed by atoms with van der Waals surface area (Å²) < 4.78 is 0. The van der Waals surface area contributed by atoms with Crippen molar-refractivity contribution in [1.29, 1.82) is 0 Å². The van der Waals surface area contributed by atoms with E-state index >= 15 is 0 Å². The Labute approximate surface area is 127 Å². The van der Waals surface area contributed by atoms with Crippen LogP contribution in [0.4, 0.5) is 0 Å². The molecule has 122 valence electrons. The minimum atomic E-state index is -0.616. The SMILES string of the molecule is CCN(CC(C)(C)O)CC(CC)(CC)CNCC(C)C. The van der Waals surface area contributed by atoms with Crippen LogP contribution in [0.1, 0.15) is 61.3 Å². The lowest BCUT2D eigenvalue weighted by Crippen LogP contribution is -2.48. The average molecular weight is 287 g/mol. The Kier molecular flexibility index (Phi) is 8.96. The molecular formula is C17H38N2O. The summed E-state index contributed by atoms with van der Waals surface area (Å²) in [7, 11) is 0. The molecule has 0 saturated carbocycles. The van der Waals surface area contributed by atoms with E-state index < -0.39 is 5.60 Å². The number of nitrogens with zero attached hydrogens (tertiary/aromatic N) is 1. The van der Waals surface area contributed by atoms with E-state index in [1.54, 1.807) is 0 Å². The Hall–Kier alpha value is -0.120. The van der Waals surface area contributed by atoms with E-state index in [1.807, 2.05) is 13.8 Å². The van der Waals surface area contributed by atoms with E-state index in [-0.39, 0.29) is 0 Å². The smallest absolute Gasteiger partial charge is 0.0718 e. The Morgan fingerprint density at radius 3 is 1.95 bits per heavy atom. The van der Waals surface area contributed by atoms with Crippen LogP contribution in [0.15, 0.2) is 0 Å². The quantitative estimate of drug-likeness (QED) is 0.612. The Morgan fingerprint density at radius 1 is 1.05 bits per heavy atom. The highest BCUT2D eigenvalue weighted by molar-refractivity contribution is 4.85. The lowest BCUT2D eigenvalue weighted by molar-refractivity contribution is 0.0198. The first-order valence-electron chi connectivity index (χ1n) is 8.33. The molecule has 20 heavy (non-hydrogen) atoms. The van der Waals surface area contributed by atoms with Gasteiger partial charge >= 0.3 is 0 Å². The standard InChI is InChI=1S/C17H38N2O/c1-8-17(9-2,12-18-11-15(4)5)14-19(10-3)13-16(6,7)20/h15,18,20H,8-14H2,1-7H3. The van der Waals surface area contributed by atoms with Gasteiger partial charge in [0.15, 0.2) is 0 Å². The zero-order chi connectivity index (χ0) is 15.8. The van der Waals surface area contributed by atoms with Gasteiger partial charge in [-0.15, -0.1) is 0 Å². The van der Waals surface area contributed by atoms with Crippen molar-refractivity contribution in [3.63, 3.8) is 0 Å². The second-order valence-corrected chi connectivity index (χ2v) is 7.35. The molecule has 0 aromatic heterocycles. The summed E-state index contributed by atoms with van der Waals surface area (Å²) in [6.45, 7) is 20.0. The van der Waals surface area contributed by atoms with E-state index in [9.17, 15) is 5.11 Å². The highest BCUT2D eigenvalue weighted by atomic mass is 16.3. The van der Waals surface area contributed by atoms with Gasteiger partial charge in [-0.25, -0.2) is 0 Å². The normalized spacial score (nSPS) is 13.5. The van der Waals surface area contributed by atoms with Crippen LogP contribution in [-0.2, 0) is 0 Å². The summed E-state index contributed by atoms with van der Waals surface area (Å²) in [5, 5.41) is 13.7. The predicted octanol–water partition coefficient (Wildman–Crippen LogP) is 3.13. The second kappa shape index (κ2) is 9.01. The number of rotatable bonds is 11. The van der Waals surface area contributed by atoms with Crippen LogP contribution in [-0.4, -0.2) is 48.3 Å². The van der Waals surface area contributed by atoms with Crippen molar-refractivity contribution < 1.29 is 5.11 Å². The molecule has 0 aliphatic rings. The van der Waals surface area contributed by atoms with Crippen molar-refractivity contribution in [2.75, 3.05) is 32.7 Å². The molecule has 0 aromatic carbocycles. The van der Waals surface area contributed by atoms with Crippen LogP contribution in [0.5, 0.6) is 0 Å². The lowest BCUT2D eigenvalue weighted by Gasteiger charge is -2.39. The van der Waals surface area contributed by atoms with E-state index in [0.717, 1.165) is 32.7 Å².